The Kier molecular flexibility index (Phi) is 24.3. The molecule has 2 unspecified atom stereocenters. The number of carbonyl (C=O) groups is 4. The minimum atomic E-state index is -1.30. The molecule has 2 atom stereocenters. The molecule has 0 saturated heterocycles. The minimum absolute atomic E-state index is 0. The molecule has 0 amide bonds. The molecule has 8 nitrogen and oxygen atoms in total. The van der Waals surface area contributed by atoms with E-state index < -0.39 is 34.6 Å². The van der Waals surface area contributed by atoms with Crippen LogP contribution in [-0.2, 0) is 45.4 Å². The molecule has 31 heavy (non-hydrogen) atoms. The molecule has 2 N–H and O–H groups in total. The summed E-state index contributed by atoms with van der Waals surface area (Å²) in [6.07, 6.45) is -0.333. The van der Waals surface area contributed by atoms with Crippen LogP contribution in [0.15, 0.2) is 0 Å². The fourth-order valence-corrected chi connectivity index (χ4v) is 1.51. The molecule has 0 rings (SSSR count). The van der Waals surface area contributed by atoms with Crippen LogP contribution in [0, 0.1) is 22.7 Å². The summed E-state index contributed by atoms with van der Waals surface area (Å²) in [5, 5.41) is 36.6. The van der Waals surface area contributed by atoms with E-state index in [4.69, 9.17) is 10.2 Å². The van der Waals surface area contributed by atoms with E-state index in [9.17, 15) is 29.4 Å². The maximum Gasteiger partial charge on any atom is 2.00 e. The zero-order valence-electron chi connectivity index (χ0n) is 21.2. The normalized spacial score (nSPS) is 12.4. The van der Waals surface area contributed by atoms with E-state index in [0.717, 1.165) is 0 Å². The molecular weight excluding hydrogens is 483 g/mol. The summed E-state index contributed by atoms with van der Waals surface area (Å²) in [4.78, 5) is 42.9. The minimum Gasteiger partial charge on any atom is -0.549 e. The van der Waals surface area contributed by atoms with Crippen molar-refractivity contribution in [3.63, 3.8) is 0 Å². The van der Waals surface area contributed by atoms with Gasteiger partial charge in [-0.3, -0.25) is 9.59 Å². The second-order valence-corrected chi connectivity index (χ2v) is 9.50. The van der Waals surface area contributed by atoms with Gasteiger partial charge in [-0.1, -0.05) is 55.4 Å². The van der Waals surface area contributed by atoms with E-state index in [-0.39, 0.29) is 50.0 Å². The molecule has 0 aliphatic heterocycles. The van der Waals surface area contributed by atoms with E-state index in [1.54, 1.807) is 69.2 Å². The first-order chi connectivity index (χ1) is 13.0. The fraction of sp³-hybridized carbons (Fsp3) is 0.818. The summed E-state index contributed by atoms with van der Waals surface area (Å²) in [5.41, 5.74) is -1.20. The summed E-state index contributed by atoms with van der Waals surface area (Å²) >= 11 is 0. The standard InChI is InChI=1S/2C8H14O3.2C3H8O.Zr/c2*1-5(7(10)11)6(9)8(2,3)4;2*1-3(2)4;/h2*5H,1-4H3,(H,10,11);2*3-4H,1-2H3;/q;;;;+2/p-2. The van der Waals surface area contributed by atoms with Crippen molar-refractivity contribution in [2.75, 3.05) is 0 Å². The molecular formula is C22H42O8Zr. The predicted octanol–water partition coefficient (Wildman–Crippen LogP) is 0.747. The van der Waals surface area contributed by atoms with E-state index in [0.29, 0.717) is 0 Å². The Morgan fingerprint density at radius 3 is 0.742 bits per heavy atom. The van der Waals surface area contributed by atoms with Crippen molar-refractivity contribution < 1.29 is 65.8 Å². The van der Waals surface area contributed by atoms with E-state index in [1.165, 1.54) is 13.8 Å². The number of Topliss-reactive ketones (excluding diaryl/α,β-unsaturated/α-hetero) is 2. The second kappa shape index (κ2) is 18.6. The molecule has 0 aliphatic rings. The Bertz CT molecular complexity index is 475. The van der Waals surface area contributed by atoms with Gasteiger partial charge in [-0.2, -0.15) is 0 Å². The van der Waals surface area contributed by atoms with E-state index in [1.807, 2.05) is 0 Å². The quantitative estimate of drug-likeness (QED) is 0.509. The Morgan fingerprint density at radius 1 is 0.581 bits per heavy atom. The topological polar surface area (TPSA) is 155 Å². The summed E-state index contributed by atoms with van der Waals surface area (Å²) in [6.45, 7) is 19.7. The molecule has 0 fully saturated rings. The van der Waals surface area contributed by atoms with Gasteiger partial charge in [0.2, 0.25) is 0 Å². The van der Waals surface area contributed by atoms with Crippen LogP contribution in [-0.4, -0.2) is 45.9 Å². The first-order valence-electron chi connectivity index (χ1n) is 9.86. The molecule has 0 aromatic heterocycles. The number of ketones is 2. The number of aliphatic carboxylic acids is 2. The fourth-order valence-electron chi connectivity index (χ4n) is 1.51. The number of rotatable bonds is 4. The van der Waals surface area contributed by atoms with Crippen LogP contribution < -0.4 is 10.2 Å². The Labute approximate surface area is 206 Å². The van der Waals surface area contributed by atoms with Gasteiger partial charge in [0, 0.05) is 23.0 Å². The van der Waals surface area contributed by atoms with Crippen LogP contribution in [0.5, 0.6) is 0 Å². The van der Waals surface area contributed by atoms with Crippen LogP contribution in [0.25, 0.3) is 0 Å². The zero-order chi connectivity index (χ0) is 25.6. The summed E-state index contributed by atoms with van der Waals surface area (Å²) < 4.78 is 0. The first-order valence-corrected chi connectivity index (χ1v) is 9.86. The van der Waals surface area contributed by atoms with Crippen LogP contribution in [0.4, 0.5) is 0 Å². The molecule has 0 radical (unpaired) electrons. The number of hydrogen-bond acceptors (Lipinski definition) is 8. The number of aliphatic hydroxyl groups is 2. The average molecular weight is 526 g/mol. The van der Waals surface area contributed by atoms with Gasteiger partial charge in [-0.15, -0.1) is 0 Å². The van der Waals surface area contributed by atoms with Crippen LogP contribution in [0.1, 0.15) is 83.1 Å². The van der Waals surface area contributed by atoms with Crippen molar-refractivity contribution in [1.82, 2.24) is 0 Å². The van der Waals surface area contributed by atoms with Crippen molar-refractivity contribution in [3.05, 3.63) is 0 Å². The van der Waals surface area contributed by atoms with Crippen LogP contribution in [0.2, 0.25) is 0 Å². The van der Waals surface area contributed by atoms with Crippen molar-refractivity contribution in [1.29, 1.82) is 0 Å². The first kappa shape index (κ1) is 40.4. The Morgan fingerprint density at radius 2 is 0.710 bits per heavy atom. The zero-order valence-corrected chi connectivity index (χ0v) is 23.6. The number of aliphatic hydroxyl groups excluding tert-OH is 2. The van der Waals surface area contributed by atoms with Gasteiger partial charge in [0.15, 0.2) is 0 Å². The van der Waals surface area contributed by atoms with Gasteiger partial charge in [0.1, 0.15) is 11.6 Å². The SMILES string of the molecule is CC(C(=O)[O-])C(=O)C(C)(C)C.CC(C(=O)[O-])C(=O)C(C)(C)C.CC(C)O.CC(C)O.[Zr+2]. The molecule has 0 aromatic carbocycles. The maximum atomic E-state index is 11.2. The molecule has 0 saturated carbocycles. The van der Waals surface area contributed by atoms with Gasteiger partial charge < -0.3 is 30.0 Å². The molecule has 182 valence electrons. The molecule has 0 aromatic rings. The van der Waals surface area contributed by atoms with E-state index in [2.05, 4.69) is 0 Å². The third-order valence-electron chi connectivity index (χ3n) is 2.97. The van der Waals surface area contributed by atoms with E-state index >= 15 is 0 Å². The molecule has 0 spiro atoms. The smallest absolute Gasteiger partial charge is 0.549 e. The van der Waals surface area contributed by atoms with Gasteiger partial charge in [0.25, 0.3) is 0 Å². The van der Waals surface area contributed by atoms with Gasteiger partial charge in [0.05, 0.1) is 23.8 Å². The average Bonchev–Trinajstić information content (AvgIpc) is 2.49. The predicted molar refractivity (Wildman–Crippen MR) is 112 cm³/mol. The summed E-state index contributed by atoms with van der Waals surface area (Å²) in [7, 11) is 0. The van der Waals surface area contributed by atoms with Crippen molar-refractivity contribution >= 4 is 23.5 Å². The largest absolute Gasteiger partial charge is 2.00 e. The Hall–Kier alpha value is -0.917. The Balaban J connectivity index is -0.000000106. The third kappa shape index (κ3) is 29.1. The number of carbonyl (C=O) groups excluding carboxylic acids is 4. The van der Waals surface area contributed by atoms with Gasteiger partial charge in [-0.05, 0) is 27.7 Å². The molecule has 9 heteroatoms. The molecule has 0 heterocycles. The number of carboxylic acids is 2. The number of carboxylic acid groups (broad SMARTS) is 2. The number of hydrogen-bond donors (Lipinski definition) is 2. The van der Waals surface area contributed by atoms with Crippen molar-refractivity contribution in [2.24, 2.45) is 22.7 Å². The molecule has 0 bridgehead atoms. The van der Waals surface area contributed by atoms with Crippen LogP contribution in [0.3, 0.4) is 0 Å². The monoisotopic (exact) mass is 524 g/mol. The third-order valence-corrected chi connectivity index (χ3v) is 2.97. The summed E-state index contributed by atoms with van der Waals surface area (Å²) in [5.74, 6) is -5.20. The second-order valence-electron chi connectivity index (χ2n) is 9.50. The molecule has 0 aliphatic carbocycles. The van der Waals surface area contributed by atoms with Gasteiger partial charge in [-0.25, -0.2) is 0 Å². The maximum absolute atomic E-state index is 11.2. The van der Waals surface area contributed by atoms with Crippen molar-refractivity contribution in [3.8, 4) is 0 Å². The van der Waals surface area contributed by atoms with Crippen molar-refractivity contribution in [2.45, 2.75) is 95.3 Å². The summed E-state index contributed by atoms with van der Waals surface area (Å²) in [6, 6.07) is 0. The van der Waals surface area contributed by atoms with Crippen LogP contribution >= 0.6 is 0 Å². The van der Waals surface area contributed by atoms with Gasteiger partial charge >= 0.3 is 26.2 Å².